The molecule has 9 nitrogen and oxygen atoms in total. The van der Waals surface area contributed by atoms with Gasteiger partial charge in [0.1, 0.15) is 11.6 Å². The molecule has 0 atom stereocenters. The van der Waals surface area contributed by atoms with Gasteiger partial charge >= 0.3 is 0 Å². The first-order valence-electron chi connectivity index (χ1n) is 9.96. The van der Waals surface area contributed by atoms with Crippen LogP contribution in [0.25, 0.3) is 11.1 Å². The maximum Gasteiger partial charge on any atom is 0.247 e. The van der Waals surface area contributed by atoms with Crippen LogP contribution in [-0.2, 0) is 11.8 Å². The second kappa shape index (κ2) is 9.27. The molecule has 0 aliphatic carbocycles. The summed E-state index contributed by atoms with van der Waals surface area (Å²) in [5.41, 5.74) is 3.59. The van der Waals surface area contributed by atoms with Crippen molar-refractivity contribution in [3.63, 3.8) is 0 Å². The quantitative estimate of drug-likeness (QED) is 0.364. The summed E-state index contributed by atoms with van der Waals surface area (Å²) in [6.45, 7) is 5.35. The number of hydrogen-bond acceptors (Lipinski definition) is 7. The summed E-state index contributed by atoms with van der Waals surface area (Å²) in [4.78, 5) is 24.8. The third-order valence-corrected chi connectivity index (χ3v) is 4.61. The van der Waals surface area contributed by atoms with Gasteiger partial charge in [0.15, 0.2) is 0 Å². The summed E-state index contributed by atoms with van der Waals surface area (Å²) < 4.78 is 16.3. The molecule has 10 heteroatoms. The minimum Gasteiger partial charge on any atom is -0.337 e. The number of halogens is 1. The van der Waals surface area contributed by atoms with Crippen molar-refractivity contribution in [2.45, 2.75) is 6.92 Å². The maximum atomic E-state index is 14.6. The number of benzene rings is 1. The summed E-state index contributed by atoms with van der Waals surface area (Å²) in [6.07, 6.45) is 9.61. The maximum absolute atomic E-state index is 14.6. The summed E-state index contributed by atoms with van der Waals surface area (Å²) >= 11 is 0. The van der Waals surface area contributed by atoms with Crippen molar-refractivity contribution < 1.29 is 9.18 Å². The van der Waals surface area contributed by atoms with E-state index in [1.54, 1.807) is 42.7 Å². The van der Waals surface area contributed by atoms with Crippen molar-refractivity contribution >= 4 is 34.7 Å². The first-order chi connectivity index (χ1) is 15.9. The number of nitrogens with one attached hydrogen (secondary N) is 3. The van der Waals surface area contributed by atoms with Crippen molar-refractivity contribution in [2.75, 3.05) is 16.0 Å². The number of carbonyl (C=O) groups is 1. The predicted molar refractivity (Wildman–Crippen MR) is 125 cm³/mol. The molecule has 3 aromatic heterocycles. The average molecular weight is 444 g/mol. The number of amides is 1. The summed E-state index contributed by atoms with van der Waals surface area (Å²) in [5.74, 6) is -0.259. The van der Waals surface area contributed by atoms with E-state index in [-0.39, 0.29) is 5.69 Å². The number of rotatable bonds is 7. The summed E-state index contributed by atoms with van der Waals surface area (Å²) in [6, 6.07) is 6.13. The normalized spacial score (nSPS) is 10.5. The minimum absolute atomic E-state index is 0.129. The molecule has 0 spiro atoms. The predicted octanol–water partition coefficient (Wildman–Crippen LogP) is 4.33. The van der Waals surface area contributed by atoms with Gasteiger partial charge in [-0.3, -0.25) is 14.5 Å². The van der Waals surface area contributed by atoms with Gasteiger partial charge < -0.3 is 16.0 Å². The highest BCUT2D eigenvalue weighted by Crippen LogP contribution is 2.31. The van der Waals surface area contributed by atoms with Crippen molar-refractivity contribution in [1.29, 1.82) is 0 Å². The fraction of sp³-hybridized carbons (Fsp3) is 0.0870. The Morgan fingerprint density at radius 3 is 2.70 bits per heavy atom. The molecule has 0 saturated heterocycles. The molecule has 3 heterocycles. The molecule has 0 saturated carbocycles. The molecule has 0 fully saturated rings. The molecule has 3 N–H and O–H groups in total. The lowest BCUT2D eigenvalue weighted by atomic mass is 10.1. The second-order valence-corrected chi connectivity index (χ2v) is 7.25. The summed E-state index contributed by atoms with van der Waals surface area (Å²) in [7, 11) is 1.80. The van der Waals surface area contributed by atoms with Crippen molar-refractivity contribution in [1.82, 2.24) is 24.7 Å². The number of anilines is 5. The van der Waals surface area contributed by atoms with E-state index >= 15 is 0 Å². The van der Waals surface area contributed by atoms with E-state index in [4.69, 9.17) is 0 Å². The Kier molecular flexibility index (Phi) is 6.07. The SMILES string of the molecule is C=CC(=O)Nc1ccc(F)c(Nc2nc(Nc3cnn(C)c3)ncc2-c2cncc(C)c2)c1. The average Bonchev–Trinajstić information content (AvgIpc) is 3.20. The smallest absolute Gasteiger partial charge is 0.247 e. The van der Waals surface area contributed by atoms with Gasteiger partial charge in [-0.2, -0.15) is 10.1 Å². The van der Waals surface area contributed by atoms with Gasteiger partial charge in [-0.25, -0.2) is 9.37 Å². The first kappa shape index (κ1) is 21.6. The topological polar surface area (TPSA) is 110 Å². The molecular weight excluding hydrogens is 423 g/mol. The molecular formula is C23H21FN8O. The Morgan fingerprint density at radius 2 is 1.97 bits per heavy atom. The van der Waals surface area contributed by atoms with Crippen LogP contribution in [0.5, 0.6) is 0 Å². The largest absolute Gasteiger partial charge is 0.337 e. The van der Waals surface area contributed by atoms with Crippen LogP contribution in [0.1, 0.15) is 5.56 Å². The number of pyridine rings is 1. The van der Waals surface area contributed by atoms with Crippen LogP contribution in [-0.4, -0.2) is 30.6 Å². The van der Waals surface area contributed by atoms with Crippen LogP contribution in [0.3, 0.4) is 0 Å². The molecule has 0 unspecified atom stereocenters. The number of carbonyl (C=O) groups excluding carboxylic acids is 1. The highest BCUT2D eigenvalue weighted by molar-refractivity contribution is 5.99. The van der Waals surface area contributed by atoms with Gasteiger partial charge in [0.25, 0.3) is 0 Å². The van der Waals surface area contributed by atoms with E-state index in [0.29, 0.717) is 28.7 Å². The molecule has 0 aliphatic rings. The molecule has 4 rings (SSSR count). The van der Waals surface area contributed by atoms with Gasteiger partial charge in [0.05, 0.1) is 17.6 Å². The van der Waals surface area contributed by atoms with Crippen LogP contribution in [0, 0.1) is 12.7 Å². The number of aromatic nitrogens is 5. The van der Waals surface area contributed by atoms with E-state index in [1.807, 2.05) is 13.0 Å². The molecule has 0 radical (unpaired) electrons. The molecule has 4 aromatic rings. The highest BCUT2D eigenvalue weighted by Gasteiger charge is 2.14. The molecule has 166 valence electrons. The Hall–Kier alpha value is -4.60. The van der Waals surface area contributed by atoms with Gasteiger partial charge in [-0.15, -0.1) is 0 Å². The Bertz CT molecular complexity index is 1330. The van der Waals surface area contributed by atoms with Crippen molar-refractivity contribution in [3.05, 3.63) is 79.3 Å². The minimum atomic E-state index is -0.514. The first-order valence-corrected chi connectivity index (χ1v) is 9.96. The number of hydrogen-bond donors (Lipinski definition) is 3. The van der Waals surface area contributed by atoms with E-state index in [1.165, 1.54) is 18.2 Å². The Morgan fingerprint density at radius 1 is 1.12 bits per heavy atom. The molecule has 0 bridgehead atoms. The van der Waals surface area contributed by atoms with E-state index < -0.39 is 11.7 Å². The van der Waals surface area contributed by atoms with Crippen molar-refractivity contribution in [3.8, 4) is 11.1 Å². The molecule has 33 heavy (non-hydrogen) atoms. The van der Waals surface area contributed by atoms with Gasteiger partial charge in [-0.05, 0) is 42.8 Å². The standard InChI is InChI=1S/C23H21FN8O/c1-4-21(33)28-16-5-6-19(24)20(8-16)30-22-18(15-7-14(2)9-25-10-15)12-26-23(31-22)29-17-11-27-32(3)13-17/h4-13H,1H2,2-3H3,(H,28,33)(H2,26,29,30,31). The molecule has 1 aromatic carbocycles. The van der Waals surface area contributed by atoms with Crippen LogP contribution in [0.2, 0.25) is 0 Å². The monoisotopic (exact) mass is 444 g/mol. The van der Waals surface area contributed by atoms with E-state index in [9.17, 15) is 9.18 Å². The molecule has 1 amide bonds. The third kappa shape index (κ3) is 5.18. The lowest BCUT2D eigenvalue weighted by Gasteiger charge is -2.14. The van der Waals surface area contributed by atoms with Gasteiger partial charge in [-0.1, -0.05) is 6.58 Å². The van der Waals surface area contributed by atoms with Crippen molar-refractivity contribution in [2.24, 2.45) is 7.05 Å². The zero-order valence-corrected chi connectivity index (χ0v) is 18.0. The van der Waals surface area contributed by atoms with Gasteiger partial charge in [0, 0.05) is 48.6 Å². The van der Waals surface area contributed by atoms with Crippen LogP contribution in [0.4, 0.5) is 33.2 Å². The molecule has 0 aliphatic heterocycles. The lowest BCUT2D eigenvalue weighted by molar-refractivity contribution is -0.111. The highest BCUT2D eigenvalue weighted by atomic mass is 19.1. The Labute approximate surface area is 189 Å². The Balaban J connectivity index is 1.74. The fourth-order valence-corrected chi connectivity index (χ4v) is 3.09. The van der Waals surface area contributed by atoms with Gasteiger partial charge in [0.2, 0.25) is 11.9 Å². The summed E-state index contributed by atoms with van der Waals surface area (Å²) in [5, 5.41) is 12.8. The number of aryl methyl sites for hydroxylation is 2. The van der Waals surface area contributed by atoms with Crippen LogP contribution >= 0.6 is 0 Å². The van der Waals surface area contributed by atoms with E-state index in [0.717, 1.165) is 17.2 Å². The second-order valence-electron chi connectivity index (χ2n) is 7.25. The number of nitrogens with zero attached hydrogens (tertiary/aromatic N) is 5. The third-order valence-electron chi connectivity index (χ3n) is 4.61. The zero-order chi connectivity index (χ0) is 23.4. The zero-order valence-electron chi connectivity index (χ0n) is 18.0. The van der Waals surface area contributed by atoms with Crippen LogP contribution < -0.4 is 16.0 Å². The van der Waals surface area contributed by atoms with E-state index in [2.05, 4.69) is 42.6 Å². The lowest BCUT2D eigenvalue weighted by Crippen LogP contribution is -2.08. The van der Waals surface area contributed by atoms with Crippen LogP contribution in [0.15, 0.2) is 67.9 Å². The fourth-order valence-electron chi connectivity index (χ4n) is 3.09.